The van der Waals surface area contributed by atoms with Gasteiger partial charge in [-0.2, -0.15) is 0 Å². The largest absolute Gasteiger partial charge is 0.578 e. The highest BCUT2D eigenvalue weighted by Gasteiger charge is 1.98. The molecule has 54 valence electrons. The quantitative estimate of drug-likeness (QED) is 0.437. The fourth-order valence-corrected chi connectivity index (χ4v) is 0.747. The van der Waals surface area contributed by atoms with Gasteiger partial charge in [0.2, 0.25) is 0 Å². The zero-order valence-electron chi connectivity index (χ0n) is 5.55. The fraction of sp³-hybridized carbons (Fsp3) is 0.125. The van der Waals surface area contributed by atoms with Gasteiger partial charge in [-0.05, 0) is 12.1 Å². The van der Waals surface area contributed by atoms with Crippen molar-refractivity contribution >= 4 is 0 Å². The Morgan fingerprint density at radius 1 is 1.40 bits per heavy atom. The predicted octanol–water partition coefficient (Wildman–Crippen LogP) is 1.65. The predicted molar refractivity (Wildman–Crippen MR) is 37.7 cm³/mol. The third-order valence-electron chi connectivity index (χ3n) is 1.24. The van der Waals surface area contributed by atoms with Crippen LogP contribution >= 0.6 is 0 Å². The van der Waals surface area contributed by atoms with E-state index in [1.54, 1.807) is 18.2 Å². The van der Waals surface area contributed by atoms with Crippen LogP contribution in [-0.2, 0) is 6.61 Å². The Morgan fingerprint density at radius 2 is 2.10 bits per heavy atom. The summed E-state index contributed by atoms with van der Waals surface area (Å²) in [7, 11) is 3.28. The molecule has 1 N–H and O–H groups in total. The molecule has 0 bridgehead atoms. The zero-order valence-corrected chi connectivity index (χ0v) is 5.55. The van der Waals surface area contributed by atoms with Crippen molar-refractivity contribution < 1.29 is 9.13 Å². The molecule has 0 fully saturated rings. The minimum absolute atomic E-state index is 0.213. The molecule has 0 saturated carbocycles. The van der Waals surface area contributed by atoms with Gasteiger partial charge in [-0.1, -0.05) is 19.2 Å². The summed E-state index contributed by atoms with van der Waals surface area (Å²) in [6.45, 7) is 0.354. The lowest BCUT2D eigenvalue weighted by molar-refractivity contribution is 0.0381. The minimum atomic E-state index is -0.213. The maximum Gasteiger partial charge on any atom is 0.148 e. The number of hydrogen-bond donors (Lipinski definition) is 0. The third kappa shape index (κ3) is 1.54. The first-order chi connectivity index (χ1) is 4.84. The van der Waals surface area contributed by atoms with E-state index in [-0.39, 0.29) is 5.82 Å². The first kappa shape index (κ1) is 7.22. The highest BCUT2D eigenvalue weighted by atomic mass is 19.1. The van der Waals surface area contributed by atoms with Crippen molar-refractivity contribution in [2.75, 3.05) is 0 Å². The van der Waals surface area contributed by atoms with Crippen LogP contribution in [0.2, 0.25) is 0 Å². The molecule has 0 spiro atoms. The minimum Gasteiger partial charge on any atom is -0.578 e. The van der Waals surface area contributed by atoms with E-state index in [9.17, 15) is 4.39 Å². The Bertz CT molecular complexity index is 210. The molecule has 2 heteroatoms. The molecule has 0 heterocycles. The smallest absolute Gasteiger partial charge is 0.148 e. The lowest BCUT2D eigenvalue weighted by Crippen LogP contribution is -1.92. The van der Waals surface area contributed by atoms with Gasteiger partial charge in [-0.3, -0.25) is 0 Å². The van der Waals surface area contributed by atoms with E-state index in [1.807, 2.05) is 0 Å². The molecule has 1 aromatic rings. The van der Waals surface area contributed by atoms with Crippen LogP contribution in [0.15, 0.2) is 24.3 Å². The van der Waals surface area contributed by atoms with Crippen molar-refractivity contribution in [3.63, 3.8) is 0 Å². The average molecular weight is 140 g/mol. The number of rotatable bonds is 2. The average Bonchev–Trinajstić information content (AvgIpc) is 1.94. The van der Waals surface area contributed by atoms with Crippen LogP contribution in [0.3, 0.4) is 0 Å². The number of benzene rings is 1. The van der Waals surface area contributed by atoms with Crippen molar-refractivity contribution in [2.45, 2.75) is 6.61 Å². The monoisotopic (exact) mass is 140 g/mol. The summed E-state index contributed by atoms with van der Waals surface area (Å²) in [5.41, 5.74) is 0.595. The highest BCUT2D eigenvalue weighted by molar-refractivity contribution is 5.15. The van der Waals surface area contributed by atoms with Crippen LogP contribution in [0.25, 0.3) is 0 Å². The summed E-state index contributed by atoms with van der Waals surface area (Å²) in [5, 5.41) is 0. The Labute approximate surface area is 59.4 Å². The molecule has 0 aromatic heterocycles. The summed E-state index contributed by atoms with van der Waals surface area (Å²) in [6, 6.07) is 6.55. The lowest BCUT2D eigenvalue weighted by atomic mass is 10.2. The van der Waals surface area contributed by atoms with Crippen molar-refractivity contribution in [1.29, 1.82) is 0 Å². The molecular formula is C8H9FO. The van der Waals surface area contributed by atoms with Gasteiger partial charge in [0.05, 0.1) is 5.56 Å². The van der Waals surface area contributed by atoms with Crippen LogP contribution in [0.1, 0.15) is 5.56 Å². The van der Waals surface area contributed by atoms with Crippen LogP contribution < -0.4 is 0 Å². The fourth-order valence-electron chi connectivity index (χ4n) is 0.747. The first-order valence-electron chi connectivity index (χ1n) is 3.00. The Morgan fingerprint density at radius 3 is 2.70 bits per heavy atom. The van der Waals surface area contributed by atoms with Gasteiger partial charge in [0, 0.05) is 0 Å². The summed E-state index contributed by atoms with van der Waals surface area (Å²) in [4.78, 5) is 0. The van der Waals surface area contributed by atoms with Gasteiger partial charge < -0.3 is 4.74 Å². The molecule has 1 nitrogen and oxygen atoms in total. The molecule has 0 aliphatic carbocycles. The second-order valence-electron chi connectivity index (χ2n) is 1.97. The normalized spacial score (nSPS) is 9.80. The van der Waals surface area contributed by atoms with E-state index in [2.05, 4.69) is 11.8 Å². The first-order valence-corrected chi connectivity index (χ1v) is 3.00. The lowest BCUT2D eigenvalue weighted by Gasteiger charge is -2.00. The molecule has 1 rings (SSSR count). The van der Waals surface area contributed by atoms with Crippen LogP contribution in [0, 0.1) is 12.9 Å². The van der Waals surface area contributed by atoms with E-state index in [1.165, 1.54) is 6.07 Å². The number of ether oxygens (including phenoxy) is 1. The van der Waals surface area contributed by atoms with E-state index >= 15 is 0 Å². The Hall–Kier alpha value is -0.890. The van der Waals surface area contributed by atoms with E-state index < -0.39 is 0 Å². The molecule has 0 aliphatic heterocycles. The topological polar surface area (TPSA) is 12.8 Å². The molecule has 0 unspecified atom stereocenters. The molecule has 0 radical (unpaired) electrons. The molecule has 0 saturated heterocycles. The van der Waals surface area contributed by atoms with Gasteiger partial charge in [0.15, 0.2) is 0 Å². The molecule has 0 aliphatic rings. The summed E-state index contributed by atoms with van der Waals surface area (Å²) >= 11 is 0. The van der Waals surface area contributed by atoms with E-state index in [4.69, 9.17) is 0 Å². The highest BCUT2D eigenvalue weighted by Crippen LogP contribution is 2.05. The molecule has 10 heavy (non-hydrogen) atoms. The van der Waals surface area contributed by atoms with E-state index in [0.29, 0.717) is 12.2 Å². The van der Waals surface area contributed by atoms with Gasteiger partial charge in [-0.15, -0.1) is 0 Å². The number of aliphatic hydroxyl groups is 2. The molecule has 0 amide bonds. The standard InChI is InChI=1S/C8H9FO/c1-10-6-7-4-2-3-5-8(7)9/h2-5,10H,1,6H2. The van der Waals surface area contributed by atoms with Crippen molar-refractivity contribution in [2.24, 2.45) is 0 Å². The molecule has 1 aromatic carbocycles. The van der Waals surface area contributed by atoms with Crippen molar-refractivity contribution in [1.82, 2.24) is 0 Å². The maximum absolute atomic E-state index is 12.7. The number of hydrogen-bond acceptors (Lipinski definition) is 0. The van der Waals surface area contributed by atoms with Crippen molar-refractivity contribution in [3.05, 3.63) is 42.8 Å². The maximum atomic E-state index is 12.7. The van der Waals surface area contributed by atoms with Gasteiger partial charge >= 0.3 is 0 Å². The van der Waals surface area contributed by atoms with Crippen LogP contribution in [0.5, 0.6) is 0 Å². The summed E-state index contributed by atoms with van der Waals surface area (Å²) in [6.07, 6.45) is 0. The van der Waals surface area contributed by atoms with Gasteiger partial charge in [0.25, 0.3) is 0 Å². The SMILES string of the molecule is [CH2-][OH+]Cc1ccccc1F. The van der Waals surface area contributed by atoms with Crippen LogP contribution in [-0.4, -0.2) is 4.74 Å². The zero-order chi connectivity index (χ0) is 7.40. The second kappa shape index (κ2) is 3.32. The number of halogens is 1. The van der Waals surface area contributed by atoms with Gasteiger partial charge in [0.1, 0.15) is 12.4 Å². The molecule has 0 atom stereocenters. The summed E-state index contributed by atoms with van der Waals surface area (Å²) in [5.74, 6) is -0.213. The van der Waals surface area contributed by atoms with Crippen molar-refractivity contribution in [3.8, 4) is 0 Å². The van der Waals surface area contributed by atoms with E-state index in [0.717, 1.165) is 0 Å². The van der Waals surface area contributed by atoms with Gasteiger partial charge in [-0.25, -0.2) is 4.39 Å². The van der Waals surface area contributed by atoms with Crippen LogP contribution in [0.4, 0.5) is 4.39 Å². The summed E-state index contributed by atoms with van der Waals surface area (Å²) < 4.78 is 16.3. The third-order valence-corrected chi connectivity index (χ3v) is 1.24. The second-order valence-corrected chi connectivity index (χ2v) is 1.97. The molecular weight excluding hydrogens is 131 g/mol. The Balaban J connectivity index is 2.81. The Kier molecular flexibility index (Phi) is 2.40.